The number of carbonyl (C=O) groups is 1. The van der Waals surface area contributed by atoms with E-state index in [0.29, 0.717) is 13.1 Å². The van der Waals surface area contributed by atoms with Gasteiger partial charge < -0.3 is 5.32 Å². The molecule has 120 valence electrons. The normalized spacial score (nSPS) is 22.2. The molecular weight excluding hydrogens is 315 g/mol. The maximum atomic E-state index is 13.0. The largest absolute Gasteiger partial charge is 0.313 e. The second-order valence-corrected chi connectivity index (χ2v) is 6.77. The maximum absolute atomic E-state index is 13.0. The first kappa shape index (κ1) is 14.7. The zero-order chi connectivity index (χ0) is 15.8. The van der Waals surface area contributed by atoms with E-state index in [2.05, 4.69) is 15.2 Å². The summed E-state index contributed by atoms with van der Waals surface area (Å²) in [7, 11) is 0. The third-order valence-corrected chi connectivity index (χ3v) is 5.44. The van der Waals surface area contributed by atoms with E-state index >= 15 is 0 Å². The Morgan fingerprint density at radius 2 is 2.04 bits per heavy atom. The molecule has 1 aromatic carbocycles. The van der Waals surface area contributed by atoms with Crippen LogP contribution in [0.2, 0.25) is 0 Å². The molecule has 0 spiro atoms. The molecule has 1 atom stereocenters. The van der Waals surface area contributed by atoms with Crippen LogP contribution < -0.4 is 10.2 Å². The van der Waals surface area contributed by atoms with Gasteiger partial charge in [0.15, 0.2) is 5.13 Å². The van der Waals surface area contributed by atoms with Gasteiger partial charge in [-0.05, 0) is 17.7 Å². The summed E-state index contributed by atoms with van der Waals surface area (Å²) < 4.78 is 13.0. The van der Waals surface area contributed by atoms with E-state index in [1.165, 1.54) is 23.5 Å². The highest BCUT2D eigenvalue weighted by atomic mass is 32.1. The number of nitrogens with one attached hydrogen (secondary N) is 1. The highest BCUT2D eigenvalue weighted by molar-refractivity contribution is 7.19. The molecule has 0 bridgehead atoms. The molecule has 2 saturated heterocycles. The number of benzene rings is 1. The second kappa shape index (κ2) is 5.99. The molecule has 0 saturated carbocycles. The van der Waals surface area contributed by atoms with Crippen molar-refractivity contribution in [1.82, 2.24) is 15.2 Å². The molecule has 2 aliphatic heterocycles. The van der Waals surface area contributed by atoms with E-state index in [0.717, 1.165) is 35.2 Å². The Labute approximate surface area is 137 Å². The smallest absolute Gasteiger partial charge is 0.247 e. The minimum absolute atomic E-state index is 0.0873. The van der Waals surface area contributed by atoms with Gasteiger partial charge in [0.05, 0.1) is 4.88 Å². The maximum Gasteiger partial charge on any atom is 0.247 e. The standard InChI is InChI=1S/C16H17FN4OS/c17-12-3-1-11(2-4-12)14-10-19-16(23-14)21-8-7-20-6-5-18-9-13(20)15(21)22/h1-4,10,13,18H,5-9H2/t13-/m1/s1. The summed E-state index contributed by atoms with van der Waals surface area (Å²) in [5.74, 6) is -0.141. The number of anilines is 1. The van der Waals surface area contributed by atoms with Crippen LogP contribution in [-0.2, 0) is 4.79 Å². The van der Waals surface area contributed by atoms with E-state index in [-0.39, 0.29) is 17.8 Å². The molecule has 5 nitrogen and oxygen atoms in total. The number of fused-ring (bicyclic) bond motifs is 1. The lowest BCUT2D eigenvalue weighted by molar-refractivity contribution is -0.126. The summed E-state index contributed by atoms with van der Waals surface area (Å²) in [6, 6.07) is 6.25. The number of nitrogens with zero attached hydrogens (tertiary/aromatic N) is 3. The highest BCUT2D eigenvalue weighted by Gasteiger charge is 2.37. The van der Waals surface area contributed by atoms with Gasteiger partial charge in [-0.3, -0.25) is 14.6 Å². The number of rotatable bonds is 2. The molecule has 0 aliphatic carbocycles. The van der Waals surface area contributed by atoms with Crippen LogP contribution in [0.4, 0.5) is 9.52 Å². The summed E-state index contributed by atoms with van der Waals surface area (Å²) in [5.41, 5.74) is 0.917. The first-order valence-electron chi connectivity index (χ1n) is 7.70. The van der Waals surface area contributed by atoms with Crippen LogP contribution >= 0.6 is 11.3 Å². The second-order valence-electron chi connectivity index (χ2n) is 5.76. The van der Waals surface area contributed by atoms with Crippen molar-refractivity contribution < 1.29 is 9.18 Å². The lowest BCUT2D eigenvalue weighted by atomic mass is 10.1. The van der Waals surface area contributed by atoms with Crippen LogP contribution in [0.1, 0.15) is 0 Å². The van der Waals surface area contributed by atoms with Gasteiger partial charge in [0.2, 0.25) is 5.91 Å². The van der Waals surface area contributed by atoms with Gasteiger partial charge >= 0.3 is 0 Å². The zero-order valence-corrected chi connectivity index (χ0v) is 13.4. The van der Waals surface area contributed by atoms with Crippen LogP contribution in [-0.4, -0.2) is 54.6 Å². The number of piperazine rings is 2. The summed E-state index contributed by atoms with van der Waals surface area (Å²) in [5, 5.41) is 4.00. The van der Waals surface area contributed by atoms with E-state index in [1.807, 2.05) is 0 Å². The molecule has 23 heavy (non-hydrogen) atoms. The molecule has 2 aliphatic rings. The Balaban J connectivity index is 1.56. The molecule has 0 unspecified atom stereocenters. The minimum Gasteiger partial charge on any atom is -0.313 e. The number of hydrogen-bond donors (Lipinski definition) is 1. The molecule has 4 rings (SSSR count). The Bertz CT molecular complexity index is 717. The number of amides is 1. The zero-order valence-electron chi connectivity index (χ0n) is 12.5. The molecule has 2 fully saturated rings. The van der Waals surface area contributed by atoms with Crippen molar-refractivity contribution in [3.8, 4) is 10.4 Å². The average molecular weight is 332 g/mol. The minimum atomic E-state index is -0.255. The van der Waals surface area contributed by atoms with E-state index < -0.39 is 0 Å². The van der Waals surface area contributed by atoms with E-state index in [9.17, 15) is 9.18 Å². The quantitative estimate of drug-likeness (QED) is 0.907. The summed E-state index contributed by atoms with van der Waals surface area (Å²) in [6.45, 7) is 4.11. The number of halogens is 1. The van der Waals surface area contributed by atoms with Gasteiger partial charge in [0.1, 0.15) is 11.9 Å². The first-order valence-corrected chi connectivity index (χ1v) is 8.52. The van der Waals surface area contributed by atoms with Crippen molar-refractivity contribution in [3.63, 3.8) is 0 Å². The molecule has 1 aromatic heterocycles. The van der Waals surface area contributed by atoms with Crippen molar-refractivity contribution >= 4 is 22.4 Å². The van der Waals surface area contributed by atoms with Crippen LogP contribution in [0.25, 0.3) is 10.4 Å². The Kier molecular flexibility index (Phi) is 3.84. The van der Waals surface area contributed by atoms with Crippen LogP contribution in [0.5, 0.6) is 0 Å². The fourth-order valence-electron chi connectivity index (χ4n) is 3.10. The van der Waals surface area contributed by atoms with Crippen LogP contribution in [0.3, 0.4) is 0 Å². The molecule has 2 aromatic rings. The van der Waals surface area contributed by atoms with Gasteiger partial charge in [0, 0.05) is 38.9 Å². The third kappa shape index (κ3) is 2.75. The average Bonchev–Trinajstić information content (AvgIpc) is 3.06. The molecular formula is C16H17FN4OS. The summed E-state index contributed by atoms with van der Waals surface area (Å²) in [4.78, 5) is 22.1. The predicted octanol–water partition coefficient (Wildman–Crippen LogP) is 1.57. The number of carbonyl (C=O) groups excluding carboxylic acids is 1. The number of hydrogen-bond acceptors (Lipinski definition) is 5. The van der Waals surface area contributed by atoms with Gasteiger partial charge in [-0.2, -0.15) is 0 Å². The SMILES string of the molecule is O=C1[C@H]2CNCCN2CCN1c1ncc(-c2ccc(F)cc2)s1. The van der Waals surface area contributed by atoms with Gasteiger partial charge in [0.25, 0.3) is 0 Å². The van der Waals surface area contributed by atoms with Crippen LogP contribution in [0, 0.1) is 5.82 Å². The Hall–Kier alpha value is -1.83. The third-order valence-electron chi connectivity index (χ3n) is 4.37. The van der Waals surface area contributed by atoms with Crippen molar-refractivity contribution in [3.05, 3.63) is 36.3 Å². The van der Waals surface area contributed by atoms with Gasteiger partial charge in [-0.25, -0.2) is 9.37 Å². The van der Waals surface area contributed by atoms with Crippen molar-refractivity contribution in [2.75, 3.05) is 37.6 Å². The number of aromatic nitrogens is 1. The van der Waals surface area contributed by atoms with Gasteiger partial charge in [-0.15, -0.1) is 0 Å². The lowest BCUT2D eigenvalue weighted by Gasteiger charge is -2.42. The van der Waals surface area contributed by atoms with E-state index in [1.54, 1.807) is 23.2 Å². The lowest BCUT2D eigenvalue weighted by Crippen LogP contribution is -2.64. The molecule has 1 amide bonds. The molecule has 0 radical (unpaired) electrons. The van der Waals surface area contributed by atoms with Gasteiger partial charge in [-0.1, -0.05) is 23.5 Å². The molecule has 7 heteroatoms. The topological polar surface area (TPSA) is 48.5 Å². The van der Waals surface area contributed by atoms with E-state index in [4.69, 9.17) is 0 Å². The fourth-order valence-corrected chi connectivity index (χ4v) is 4.06. The monoisotopic (exact) mass is 332 g/mol. The number of thiazole rings is 1. The molecule has 1 N–H and O–H groups in total. The predicted molar refractivity (Wildman–Crippen MR) is 88.1 cm³/mol. The summed E-state index contributed by atoms with van der Waals surface area (Å²) in [6.07, 6.45) is 1.76. The Morgan fingerprint density at radius 3 is 2.87 bits per heavy atom. The first-order chi connectivity index (χ1) is 11.2. The molecule has 3 heterocycles. The van der Waals surface area contributed by atoms with Crippen LogP contribution in [0.15, 0.2) is 30.5 Å². The van der Waals surface area contributed by atoms with Crippen molar-refractivity contribution in [2.45, 2.75) is 6.04 Å². The van der Waals surface area contributed by atoms with Crippen molar-refractivity contribution in [1.29, 1.82) is 0 Å². The highest BCUT2D eigenvalue weighted by Crippen LogP contribution is 2.32. The van der Waals surface area contributed by atoms with Crippen molar-refractivity contribution in [2.24, 2.45) is 0 Å². The summed E-state index contributed by atoms with van der Waals surface area (Å²) >= 11 is 1.47. The Morgan fingerprint density at radius 1 is 1.22 bits per heavy atom. The fraction of sp³-hybridized carbons (Fsp3) is 0.375.